The number of hydrogen-bond acceptors (Lipinski definition) is 2. The van der Waals surface area contributed by atoms with Crippen molar-refractivity contribution >= 4 is 28.3 Å². The lowest BCUT2D eigenvalue weighted by molar-refractivity contribution is 0.475. The van der Waals surface area contributed by atoms with Crippen molar-refractivity contribution in [3.8, 4) is 5.75 Å². The van der Waals surface area contributed by atoms with E-state index in [0.717, 1.165) is 14.8 Å². The van der Waals surface area contributed by atoms with Crippen LogP contribution < -0.4 is 5.32 Å². The van der Waals surface area contributed by atoms with Gasteiger partial charge >= 0.3 is 0 Å². The molecule has 0 radical (unpaired) electrons. The van der Waals surface area contributed by atoms with E-state index in [2.05, 4.69) is 27.9 Å². The van der Waals surface area contributed by atoms with Crippen LogP contribution >= 0.6 is 22.6 Å². The first-order chi connectivity index (χ1) is 8.15. The van der Waals surface area contributed by atoms with Crippen molar-refractivity contribution in [1.82, 2.24) is 0 Å². The van der Waals surface area contributed by atoms with Crippen LogP contribution in [-0.2, 0) is 6.54 Å². The molecule has 0 atom stereocenters. The van der Waals surface area contributed by atoms with Crippen LogP contribution in [0.25, 0.3) is 0 Å². The van der Waals surface area contributed by atoms with Gasteiger partial charge in [-0.2, -0.15) is 0 Å². The monoisotopic (exact) mass is 343 g/mol. The van der Waals surface area contributed by atoms with Gasteiger partial charge in [-0.3, -0.25) is 0 Å². The number of halogens is 2. The summed E-state index contributed by atoms with van der Waals surface area (Å²) in [5.41, 5.74) is 1.86. The van der Waals surface area contributed by atoms with E-state index in [1.54, 1.807) is 24.3 Å². The third-order valence-electron chi connectivity index (χ3n) is 2.34. The molecule has 2 nitrogen and oxygen atoms in total. The summed E-state index contributed by atoms with van der Waals surface area (Å²) < 4.78 is 13.8. The SMILES string of the molecule is Oc1cccc(NCc2ccc(F)cc2I)c1. The largest absolute Gasteiger partial charge is 0.508 e. The van der Waals surface area contributed by atoms with Crippen LogP contribution in [0.1, 0.15) is 5.56 Å². The minimum atomic E-state index is -0.226. The van der Waals surface area contributed by atoms with Gasteiger partial charge in [0.05, 0.1) is 0 Å². The minimum absolute atomic E-state index is 0.226. The fourth-order valence-electron chi connectivity index (χ4n) is 1.48. The zero-order valence-corrected chi connectivity index (χ0v) is 11.1. The van der Waals surface area contributed by atoms with E-state index in [9.17, 15) is 9.50 Å². The van der Waals surface area contributed by atoms with Crippen molar-refractivity contribution in [1.29, 1.82) is 0 Å². The maximum Gasteiger partial charge on any atom is 0.124 e. The molecule has 0 saturated heterocycles. The van der Waals surface area contributed by atoms with E-state index < -0.39 is 0 Å². The molecule has 2 aromatic rings. The molecule has 0 amide bonds. The van der Waals surface area contributed by atoms with E-state index in [4.69, 9.17) is 0 Å². The molecule has 17 heavy (non-hydrogen) atoms. The smallest absolute Gasteiger partial charge is 0.124 e. The van der Waals surface area contributed by atoms with Gasteiger partial charge in [0.1, 0.15) is 11.6 Å². The Kier molecular flexibility index (Phi) is 3.83. The Bertz CT molecular complexity index is 531. The summed E-state index contributed by atoms with van der Waals surface area (Å²) in [4.78, 5) is 0. The molecule has 2 N–H and O–H groups in total. The van der Waals surface area contributed by atoms with Crippen molar-refractivity contribution in [2.75, 3.05) is 5.32 Å². The zero-order valence-electron chi connectivity index (χ0n) is 8.95. The number of rotatable bonds is 3. The average molecular weight is 343 g/mol. The molecule has 0 saturated carbocycles. The topological polar surface area (TPSA) is 32.3 Å². The van der Waals surface area contributed by atoms with Gasteiger partial charge in [0.25, 0.3) is 0 Å². The van der Waals surface area contributed by atoms with Gasteiger partial charge < -0.3 is 10.4 Å². The number of phenols is 1. The first kappa shape index (κ1) is 12.2. The first-order valence-corrected chi connectivity index (χ1v) is 6.20. The lowest BCUT2D eigenvalue weighted by Crippen LogP contribution is -2.01. The van der Waals surface area contributed by atoms with E-state index in [0.29, 0.717) is 6.54 Å². The van der Waals surface area contributed by atoms with Gasteiger partial charge in [-0.1, -0.05) is 12.1 Å². The van der Waals surface area contributed by atoms with Crippen molar-refractivity contribution < 1.29 is 9.50 Å². The summed E-state index contributed by atoms with van der Waals surface area (Å²) in [5.74, 6) is -0.000640. The van der Waals surface area contributed by atoms with Crippen LogP contribution in [0.3, 0.4) is 0 Å². The second-order valence-electron chi connectivity index (χ2n) is 3.64. The fraction of sp³-hybridized carbons (Fsp3) is 0.0769. The minimum Gasteiger partial charge on any atom is -0.508 e. The highest BCUT2D eigenvalue weighted by molar-refractivity contribution is 14.1. The van der Waals surface area contributed by atoms with Gasteiger partial charge in [0, 0.05) is 21.9 Å². The lowest BCUT2D eigenvalue weighted by atomic mass is 10.2. The summed E-state index contributed by atoms with van der Waals surface area (Å²) in [6.45, 7) is 0.599. The summed E-state index contributed by atoms with van der Waals surface area (Å²) in [6, 6.07) is 11.6. The van der Waals surface area contributed by atoms with Crippen molar-refractivity contribution in [3.05, 3.63) is 57.4 Å². The molecule has 0 aliphatic carbocycles. The highest BCUT2D eigenvalue weighted by atomic mass is 127. The predicted molar refractivity (Wildman–Crippen MR) is 74.6 cm³/mol. The standard InChI is InChI=1S/C13H11FINO/c14-10-5-4-9(13(15)6-10)8-16-11-2-1-3-12(17)7-11/h1-7,16-17H,8H2. The van der Waals surface area contributed by atoms with Crippen LogP contribution in [0.4, 0.5) is 10.1 Å². The molecule has 0 heterocycles. The highest BCUT2D eigenvalue weighted by Crippen LogP contribution is 2.18. The number of hydrogen-bond donors (Lipinski definition) is 2. The normalized spacial score (nSPS) is 10.2. The van der Waals surface area contributed by atoms with Crippen molar-refractivity contribution in [2.45, 2.75) is 6.54 Å². The van der Waals surface area contributed by atoms with E-state index >= 15 is 0 Å². The number of phenolic OH excluding ortho intramolecular Hbond substituents is 1. The molecule has 4 heteroatoms. The molecule has 0 fully saturated rings. The van der Waals surface area contributed by atoms with Gasteiger partial charge in [-0.15, -0.1) is 0 Å². The number of nitrogens with one attached hydrogen (secondary N) is 1. The average Bonchev–Trinajstić information content (AvgIpc) is 2.28. The third-order valence-corrected chi connectivity index (χ3v) is 3.35. The van der Waals surface area contributed by atoms with Gasteiger partial charge in [-0.05, 0) is 52.4 Å². The Balaban J connectivity index is 2.07. The summed E-state index contributed by atoms with van der Waals surface area (Å²) in [7, 11) is 0. The van der Waals surface area contributed by atoms with Crippen LogP contribution in [0.2, 0.25) is 0 Å². The summed E-state index contributed by atoms with van der Waals surface area (Å²) >= 11 is 2.11. The molecule has 2 rings (SSSR count). The molecule has 0 bridgehead atoms. The Morgan fingerprint density at radius 3 is 2.71 bits per heavy atom. The van der Waals surface area contributed by atoms with E-state index in [1.807, 2.05) is 6.07 Å². The van der Waals surface area contributed by atoms with Crippen LogP contribution in [0.5, 0.6) is 5.75 Å². The third kappa shape index (κ3) is 3.33. The molecule has 88 valence electrons. The Hall–Kier alpha value is -1.30. The van der Waals surface area contributed by atoms with Crippen molar-refractivity contribution in [2.24, 2.45) is 0 Å². The quantitative estimate of drug-likeness (QED) is 0.832. The molecule has 0 aliphatic rings. The Labute approximate surface area is 113 Å². The Morgan fingerprint density at radius 2 is 2.00 bits per heavy atom. The fourth-order valence-corrected chi connectivity index (χ4v) is 2.15. The molecule has 0 aliphatic heterocycles. The van der Waals surface area contributed by atoms with Crippen molar-refractivity contribution in [3.63, 3.8) is 0 Å². The number of aromatic hydroxyl groups is 1. The number of anilines is 1. The Morgan fingerprint density at radius 1 is 1.18 bits per heavy atom. The first-order valence-electron chi connectivity index (χ1n) is 5.12. The highest BCUT2D eigenvalue weighted by Gasteiger charge is 2.01. The number of benzene rings is 2. The van der Waals surface area contributed by atoms with Crippen LogP contribution in [0, 0.1) is 9.39 Å². The molecule has 0 unspecified atom stereocenters. The molecular formula is C13H11FINO. The van der Waals surface area contributed by atoms with E-state index in [-0.39, 0.29) is 11.6 Å². The molecular weight excluding hydrogens is 332 g/mol. The van der Waals surface area contributed by atoms with Crippen LogP contribution in [0.15, 0.2) is 42.5 Å². The second kappa shape index (κ2) is 5.35. The predicted octanol–water partition coefficient (Wildman–Crippen LogP) is 3.75. The zero-order chi connectivity index (χ0) is 12.3. The van der Waals surface area contributed by atoms with Crippen LogP contribution in [-0.4, -0.2) is 5.11 Å². The van der Waals surface area contributed by atoms with Gasteiger partial charge in [0.15, 0.2) is 0 Å². The maximum atomic E-state index is 12.9. The molecule has 2 aromatic carbocycles. The maximum absolute atomic E-state index is 12.9. The van der Waals surface area contributed by atoms with E-state index in [1.165, 1.54) is 12.1 Å². The molecule has 0 aromatic heterocycles. The second-order valence-corrected chi connectivity index (χ2v) is 4.80. The van der Waals surface area contributed by atoms with Gasteiger partial charge in [-0.25, -0.2) is 4.39 Å². The summed E-state index contributed by atoms with van der Waals surface area (Å²) in [5, 5.41) is 12.5. The molecule has 0 spiro atoms. The van der Waals surface area contributed by atoms with Gasteiger partial charge in [0.2, 0.25) is 0 Å². The lowest BCUT2D eigenvalue weighted by Gasteiger charge is -2.08. The summed E-state index contributed by atoms with van der Waals surface area (Å²) in [6.07, 6.45) is 0.